The Hall–Kier alpha value is -3.52. The molecule has 0 aliphatic carbocycles. The normalized spacial score (nSPS) is 16.2. The molecule has 0 bridgehead atoms. The molecule has 2 aromatic carbocycles. The number of aromatic nitrogens is 2. The van der Waals surface area contributed by atoms with Crippen molar-refractivity contribution in [2.75, 3.05) is 50.0 Å². The Morgan fingerprint density at radius 1 is 0.969 bits per heavy atom. The molecule has 2 aliphatic heterocycles. The third-order valence-corrected chi connectivity index (χ3v) is 6.02. The first kappa shape index (κ1) is 20.4. The standard InChI is InChI=1S/C24H25FN6O/c1-29-12-14-30(15-13-29)23(32)17-2-8-21(9-3-17)31-11-10-18-16-26-24(28-22(18)31)27-20-6-4-19(25)5-7-20/h2-9,16H,10-15H2,1H3,(H,26,27,28). The van der Waals surface area contributed by atoms with Gasteiger partial charge in [0, 0.05) is 61.4 Å². The van der Waals surface area contributed by atoms with Gasteiger partial charge in [-0.1, -0.05) is 0 Å². The number of carbonyl (C=O) groups is 1. The number of nitrogens with one attached hydrogen (secondary N) is 1. The smallest absolute Gasteiger partial charge is 0.253 e. The number of hydrogen-bond acceptors (Lipinski definition) is 6. The van der Waals surface area contributed by atoms with Crippen LogP contribution in [-0.2, 0) is 6.42 Å². The molecule has 32 heavy (non-hydrogen) atoms. The Morgan fingerprint density at radius 2 is 1.69 bits per heavy atom. The first-order valence-corrected chi connectivity index (χ1v) is 10.8. The van der Waals surface area contributed by atoms with Gasteiger partial charge in [-0.25, -0.2) is 9.37 Å². The van der Waals surface area contributed by atoms with E-state index in [1.54, 1.807) is 12.1 Å². The van der Waals surface area contributed by atoms with Crippen LogP contribution in [0.3, 0.4) is 0 Å². The highest BCUT2D eigenvalue weighted by Gasteiger charge is 2.24. The fourth-order valence-electron chi connectivity index (χ4n) is 4.10. The van der Waals surface area contributed by atoms with Gasteiger partial charge in [-0.2, -0.15) is 4.98 Å². The maximum Gasteiger partial charge on any atom is 0.253 e. The number of nitrogens with zero attached hydrogens (tertiary/aromatic N) is 5. The van der Waals surface area contributed by atoms with Crippen molar-refractivity contribution in [1.29, 1.82) is 0 Å². The van der Waals surface area contributed by atoms with E-state index in [-0.39, 0.29) is 11.7 Å². The second-order valence-corrected chi connectivity index (χ2v) is 8.22. The van der Waals surface area contributed by atoms with Crippen LogP contribution in [0.4, 0.5) is 27.5 Å². The molecule has 1 N–H and O–H groups in total. The number of fused-ring (bicyclic) bond motifs is 1. The molecule has 0 saturated carbocycles. The summed E-state index contributed by atoms with van der Waals surface area (Å²) < 4.78 is 13.2. The Balaban J connectivity index is 1.32. The van der Waals surface area contributed by atoms with Gasteiger partial charge in [-0.15, -0.1) is 0 Å². The Bertz CT molecular complexity index is 1110. The summed E-state index contributed by atoms with van der Waals surface area (Å²) in [4.78, 5) is 28.2. The van der Waals surface area contributed by atoms with Crippen molar-refractivity contribution in [1.82, 2.24) is 19.8 Å². The molecule has 164 valence electrons. The summed E-state index contributed by atoms with van der Waals surface area (Å²) in [5.41, 5.74) is 3.50. The highest BCUT2D eigenvalue weighted by Crippen LogP contribution is 2.33. The molecule has 1 saturated heterocycles. The van der Waals surface area contributed by atoms with Gasteiger partial charge >= 0.3 is 0 Å². The van der Waals surface area contributed by atoms with Crippen molar-refractivity contribution in [2.24, 2.45) is 0 Å². The summed E-state index contributed by atoms with van der Waals surface area (Å²) in [6, 6.07) is 13.8. The predicted octanol–water partition coefficient (Wildman–Crippen LogP) is 3.44. The van der Waals surface area contributed by atoms with Crippen molar-refractivity contribution >= 4 is 29.0 Å². The van der Waals surface area contributed by atoms with E-state index < -0.39 is 0 Å². The lowest BCUT2D eigenvalue weighted by atomic mass is 10.1. The summed E-state index contributed by atoms with van der Waals surface area (Å²) in [7, 11) is 2.08. The van der Waals surface area contributed by atoms with Gasteiger partial charge in [-0.05, 0) is 62.0 Å². The van der Waals surface area contributed by atoms with Gasteiger partial charge < -0.3 is 20.0 Å². The zero-order valence-corrected chi connectivity index (χ0v) is 18.0. The Labute approximate surface area is 186 Å². The molecule has 3 heterocycles. The number of amides is 1. The van der Waals surface area contributed by atoms with Gasteiger partial charge in [-0.3, -0.25) is 4.79 Å². The average molecular weight is 433 g/mol. The predicted molar refractivity (Wildman–Crippen MR) is 122 cm³/mol. The molecular formula is C24H25FN6O. The van der Waals surface area contributed by atoms with Crippen LogP contribution in [-0.4, -0.2) is 65.4 Å². The van der Waals surface area contributed by atoms with E-state index in [1.165, 1.54) is 12.1 Å². The van der Waals surface area contributed by atoms with Crippen LogP contribution in [0.2, 0.25) is 0 Å². The van der Waals surface area contributed by atoms with Crippen molar-refractivity contribution in [3.05, 3.63) is 71.7 Å². The number of benzene rings is 2. The van der Waals surface area contributed by atoms with Crippen LogP contribution >= 0.6 is 0 Å². The molecular weight excluding hydrogens is 407 g/mol. The lowest BCUT2D eigenvalue weighted by Gasteiger charge is -2.32. The first-order valence-electron chi connectivity index (χ1n) is 10.8. The number of rotatable bonds is 4. The maximum atomic E-state index is 13.2. The largest absolute Gasteiger partial charge is 0.336 e. The zero-order valence-electron chi connectivity index (χ0n) is 18.0. The van der Waals surface area contributed by atoms with Crippen LogP contribution in [0.15, 0.2) is 54.7 Å². The van der Waals surface area contributed by atoms with Gasteiger partial charge in [0.05, 0.1) is 0 Å². The Kier molecular flexibility index (Phi) is 5.45. The lowest BCUT2D eigenvalue weighted by Crippen LogP contribution is -2.47. The van der Waals surface area contributed by atoms with E-state index >= 15 is 0 Å². The number of piperazine rings is 1. The van der Waals surface area contributed by atoms with Crippen molar-refractivity contribution in [2.45, 2.75) is 6.42 Å². The number of carbonyl (C=O) groups excluding carboxylic acids is 1. The summed E-state index contributed by atoms with van der Waals surface area (Å²) in [6.45, 7) is 4.13. The molecule has 0 spiro atoms. The van der Waals surface area contributed by atoms with Gasteiger partial charge in [0.15, 0.2) is 0 Å². The van der Waals surface area contributed by atoms with Crippen LogP contribution in [0.1, 0.15) is 15.9 Å². The van der Waals surface area contributed by atoms with Crippen LogP contribution < -0.4 is 10.2 Å². The van der Waals surface area contributed by atoms with E-state index in [0.29, 0.717) is 11.5 Å². The molecule has 0 radical (unpaired) electrons. The monoisotopic (exact) mass is 432 g/mol. The number of anilines is 4. The van der Waals surface area contributed by atoms with E-state index in [2.05, 4.69) is 27.1 Å². The maximum absolute atomic E-state index is 13.2. The van der Waals surface area contributed by atoms with Gasteiger partial charge in [0.2, 0.25) is 5.95 Å². The topological polar surface area (TPSA) is 64.6 Å². The third-order valence-electron chi connectivity index (χ3n) is 6.02. The molecule has 1 fully saturated rings. The average Bonchev–Trinajstić information content (AvgIpc) is 3.24. The minimum Gasteiger partial charge on any atom is -0.336 e. The SMILES string of the molecule is CN1CCN(C(=O)c2ccc(N3CCc4cnc(Nc5ccc(F)cc5)nc43)cc2)CC1. The molecule has 7 nitrogen and oxygen atoms in total. The summed E-state index contributed by atoms with van der Waals surface area (Å²) in [5, 5.41) is 3.13. The van der Waals surface area contributed by atoms with Crippen LogP contribution in [0, 0.1) is 5.82 Å². The summed E-state index contributed by atoms with van der Waals surface area (Å²) in [5.74, 6) is 1.11. The minimum atomic E-state index is -0.286. The van der Waals surface area contributed by atoms with Crippen LogP contribution in [0.25, 0.3) is 0 Å². The number of likely N-dealkylation sites (N-methyl/N-ethyl adjacent to an activating group) is 1. The number of hydrogen-bond donors (Lipinski definition) is 1. The van der Waals surface area contributed by atoms with E-state index in [1.807, 2.05) is 35.4 Å². The van der Waals surface area contributed by atoms with Crippen LogP contribution in [0.5, 0.6) is 0 Å². The van der Waals surface area contributed by atoms with E-state index in [9.17, 15) is 9.18 Å². The highest BCUT2D eigenvalue weighted by atomic mass is 19.1. The molecule has 8 heteroatoms. The number of halogens is 1. The van der Waals surface area contributed by atoms with Crippen molar-refractivity contribution < 1.29 is 9.18 Å². The molecule has 1 amide bonds. The second-order valence-electron chi connectivity index (χ2n) is 8.22. The van der Waals surface area contributed by atoms with Crippen molar-refractivity contribution in [3.63, 3.8) is 0 Å². The molecule has 0 atom stereocenters. The molecule has 5 rings (SSSR count). The van der Waals surface area contributed by atoms with Gasteiger partial charge in [0.1, 0.15) is 11.6 Å². The fraction of sp³-hybridized carbons (Fsp3) is 0.292. The Morgan fingerprint density at radius 3 is 2.41 bits per heavy atom. The lowest BCUT2D eigenvalue weighted by molar-refractivity contribution is 0.0664. The summed E-state index contributed by atoms with van der Waals surface area (Å²) >= 11 is 0. The van der Waals surface area contributed by atoms with E-state index in [4.69, 9.17) is 4.98 Å². The molecule has 1 aromatic heterocycles. The second kappa shape index (κ2) is 8.55. The zero-order chi connectivity index (χ0) is 22.1. The first-order chi connectivity index (χ1) is 15.6. The molecule has 0 unspecified atom stereocenters. The molecule has 3 aromatic rings. The summed E-state index contributed by atoms with van der Waals surface area (Å²) in [6.07, 6.45) is 2.69. The van der Waals surface area contributed by atoms with E-state index in [0.717, 1.165) is 61.9 Å². The minimum absolute atomic E-state index is 0.0829. The molecule has 2 aliphatic rings. The van der Waals surface area contributed by atoms with Gasteiger partial charge in [0.25, 0.3) is 5.91 Å². The quantitative estimate of drug-likeness (QED) is 0.682. The van der Waals surface area contributed by atoms with Crippen molar-refractivity contribution in [3.8, 4) is 0 Å². The fourth-order valence-corrected chi connectivity index (χ4v) is 4.10. The highest BCUT2D eigenvalue weighted by molar-refractivity contribution is 5.94. The third kappa shape index (κ3) is 4.13.